The molecule has 0 aliphatic rings. The summed E-state index contributed by atoms with van der Waals surface area (Å²) < 4.78 is 17.9. The summed E-state index contributed by atoms with van der Waals surface area (Å²) in [5, 5.41) is 0. The number of methoxy groups -OCH3 is 1. The highest BCUT2D eigenvalue weighted by Gasteiger charge is 2.22. The summed E-state index contributed by atoms with van der Waals surface area (Å²) in [7, 11) is 1.23. The van der Waals surface area contributed by atoms with Gasteiger partial charge in [0.25, 0.3) is 0 Å². The Kier molecular flexibility index (Phi) is 2.78. The lowest BCUT2D eigenvalue weighted by atomic mass is 10.1. The lowest BCUT2D eigenvalue weighted by molar-refractivity contribution is 0.0592. The van der Waals surface area contributed by atoms with Crippen LogP contribution in [0.5, 0.6) is 0 Å². The number of hydrogen-bond donors (Lipinski definition) is 0. The SMILES string of the molecule is COC(=O)c1cncc(C(C)(C)F)n1. The number of carbonyl (C=O) groups excluding carboxylic acids is 1. The fourth-order valence-corrected chi connectivity index (χ4v) is 0.855. The van der Waals surface area contributed by atoms with Crippen molar-refractivity contribution in [3.8, 4) is 0 Å². The number of ether oxygens (including phenoxy) is 1. The zero-order valence-electron chi connectivity index (χ0n) is 8.24. The molecule has 0 amide bonds. The predicted octanol–water partition coefficient (Wildman–Crippen LogP) is 1.47. The van der Waals surface area contributed by atoms with E-state index in [-0.39, 0.29) is 11.4 Å². The van der Waals surface area contributed by atoms with E-state index in [1.807, 2.05) is 0 Å². The van der Waals surface area contributed by atoms with Gasteiger partial charge in [-0.05, 0) is 13.8 Å². The van der Waals surface area contributed by atoms with Crippen LogP contribution < -0.4 is 0 Å². The molecule has 0 fully saturated rings. The number of esters is 1. The molecule has 0 radical (unpaired) electrons. The third-order valence-corrected chi connectivity index (χ3v) is 1.64. The molecule has 0 aromatic carbocycles. The van der Waals surface area contributed by atoms with Crippen molar-refractivity contribution >= 4 is 5.97 Å². The van der Waals surface area contributed by atoms with Gasteiger partial charge in [-0.2, -0.15) is 0 Å². The maximum absolute atomic E-state index is 13.4. The Morgan fingerprint density at radius 1 is 1.50 bits per heavy atom. The monoisotopic (exact) mass is 198 g/mol. The molecule has 0 aliphatic heterocycles. The van der Waals surface area contributed by atoms with E-state index in [0.29, 0.717) is 0 Å². The molecule has 4 nitrogen and oxygen atoms in total. The molecule has 0 unspecified atom stereocenters. The van der Waals surface area contributed by atoms with Crippen LogP contribution in [0.15, 0.2) is 12.4 Å². The van der Waals surface area contributed by atoms with Crippen LogP contribution in [0.2, 0.25) is 0 Å². The van der Waals surface area contributed by atoms with Gasteiger partial charge >= 0.3 is 5.97 Å². The fourth-order valence-electron chi connectivity index (χ4n) is 0.855. The van der Waals surface area contributed by atoms with Crippen LogP contribution in [0, 0.1) is 0 Å². The molecular formula is C9H11FN2O2. The number of alkyl halides is 1. The molecule has 0 N–H and O–H groups in total. The molecule has 0 saturated carbocycles. The van der Waals surface area contributed by atoms with E-state index in [1.54, 1.807) is 0 Å². The second-order valence-electron chi connectivity index (χ2n) is 3.25. The number of rotatable bonds is 2. The number of aromatic nitrogens is 2. The summed E-state index contributed by atoms with van der Waals surface area (Å²) >= 11 is 0. The van der Waals surface area contributed by atoms with Gasteiger partial charge in [0.1, 0.15) is 5.67 Å². The molecule has 76 valence electrons. The quantitative estimate of drug-likeness (QED) is 0.675. The molecule has 0 aliphatic carbocycles. The van der Waals surface area contributed by atoms with Gasteiger partial charge in [-0.1, -0.05) is 0 Å². The van der Waals surface area contributed by atoms with Crippen molar-refractivity contribution in [1.82, 2.24) is 9.97 Å². The van der Waals surface area contributed by atoms with E-state index in [0.717, 1.165) is 0 Å². The van der Waals surface area contributed by atoms with Crippen LogP contribution in [0.3, 0.4) is 0 Å². The Morgan fingerprint density at radius 3 is 2.64 bits per heavy atom. The molecule has 5 heteroatoms. The molecule has 0 atom stereocenters. The lowest BCUT2D eigenvalue weighted by Crippen LogP contribution is -2.15. The molecule has 1 heterocycles. The van der Waals surface area contributed by atoms with Crippen molar-refractivity contribution in [2.24, 2.45) is 0 Å². The maximum atomic E-state index is 13.4. The van der Waals surface area contributed by atoms with Crippen molar-refractivity contribution in [2.75, 3.05) is 7.11 Å². The maximum Gasteiger partial charge on any atom is 0.358 e. The predicted molar refractivity (Wildman–Crippen MR) is 47.5 cm³/mol. The van der Waals surface area contributed by atoms with Crippen molar-refractivity contribution in [1.29, 1.82) is 0 Å². The summed E-state index contributed by atoms with van der Waals surface area (Å²) in [5.41, 5.74) is -1.49. The van der Waals surface area contributed by atoms with Crippen LogP contribution in [-0.4, -0.2) is 23.0 Å². The zero-order chi connectivity index (χ0) is 10.8. The molecule has 0 bridgehead atoms. The molecule has 0 saturated heterocycles. The van der Waals surface area contributed by atoms with Gasteiger partial charge in [0.05, 0.1) is 25.2 Å². The molecule has 1 aromatic rings. The first-order chi connectivity index (χ1) is 6.45. The Balaban J connectivity index is 3.08. The van der Waals surface area contributed by atoms with Crippen LogP contribution >= 0.6 is 0 Å². The summed E-state index contributed by atoms with van der Waals surface area (Å²) in [5.74, 6) is -0.622. The Morgan fingerprint density at radius 2 is 2.14 bits per heavy atom. The Labute approximate surface area is 81.1 Å². The first-order valence-electron chi connectivity index (χ1n) is 4.05. The average Bonchev–Trinajstić information content (AvgIpc) is 2.15. The number of nitrogens with zero attached hydrogens (tertiary/aromatic N) is 2. The van der Waals surface area contributed by atoms with Gasteiger partial charge in [0, 0.05) is 0 Å². The highest BCUT2D eigenvalue weighted by Crippen LogP contribution is 2.21. The largest absolute Gasteiger partial charge is 0.464 e. The fraction of sp³-hybridized carbons (Fsp3) is 0.444. The normalized spacial score (nSPS) is 11.1. The highest BCUT2D eigenvalue weighted by molar-refractivity contribution is 5.86. The molecular weight excluding hydrogens is 187 g/mol. The van der Waals surface area contributed by atoms with E-state index in [4.69, 9.17) is 0 Å². The van der Waals surface area contributed by atoms with Gasteiger partial charge in [-0.25, -0.2) is 14.2 Å². The summed E-state index contributed by atoms with van der Waals surface area (Å²) in [6, 6.07) is 0. The Bertz CT molecular complexity index is 347. The van der Waals surface area contributed by atoms with Gasteiger partial charge < -0.3 is 4.74 Å². The first kappa shape index (κ1) is 10.6. The van der Waals surface area contributed by atoms with E-state index in [2.05, 4.69) is 14.7 Å². The third kappa shape index (κ3) is 2.25. The van der Waals surface area contributed by atoms with Crippen molar-refractivity contribution < 1.29 is 13.9 Å². The van der Waals surface area contributed by atoms with Gasteiger partial charge in [-0.3, -0.25) is 4.98 Å². The average molecular weight is 198 g/mol. The van der Waals surface area contributed by atoms with Crippen LogP contribution in [0.4, 0.5) is 4.39 Å². The molecule has 1 aromatic heterocycles. The van der Waals surface area contributed by atoms with Crippen LogP contribution in [-0.2, 0) is 10.4 Å². The first-order valence-corrected chi connectivity index (χ1v) is 4.05. The van der Waals surface area contributed by atoms with Crippen LogP contribution in [0.25, 0.3) is 0 Å². The molecule has 14 heavy (non-hydrogen) atoms. The number of hydrogen-bond acceptors (Lipinski definition) is 4. The van der Waals surface area contributed by atoms with Gasteiger partial charge in [0.2, 0.25) is 0 Å². The van der Waals surface area contributed by atoms with Gasteiger partial charge in [-0.15, -0.1) is 0 Å². The van der Waals surface area contributed by atoms with Crippen molar-refractivity contribution in [3.05, 3.63) is 23.8 Å². The minimum atomic E-state index is -1.61. The summed E-state index contributed by atoms with van der Waals surface area (Å²) in [4.78, 5) is 18.6. The Hall–Kier alpha value is -1.52. The molecule has 1 rings (SSSR count). The summed E-state index contributed by atoms with van der Waals surface area (Å²) in [6.45, 7) is 2.69. The van der Waals surface area contributed by atoms with Crippen molar-refractivity contribution in [2.45, 2.75) is 19.5 Å². The van der Waals surface area contributed by atoms with Gasteiger partial charge in [0.15, 0.2) is 5.69 Å². The number of halogens is 1. The second kappa shape index (κ2) is 3.69. The lowest BCUT2D eigenvalue weighted by Gasteiger charge is -2.12. The minimum absolute atomic E-state index is 0.00993. The second-order valence-corrected chi connectivity index (χ2v) is 3.25. The standard InChI is InChI=1S/C9H11FN2O2/c1-9(2,10)7-5-11-4-6(12-7)8(13)14-3/h4-5H,1-3H3. The van der Waals surface area contributed by atoms with E-state index in [1.165, 1.54) is 33.4 Å². The molecule has 0 spiro atoms. The zero-order valence-corrected chi connectivity index (χ0v) is 8.24. The number of carbonyl (C=O) groups is 1. The van der Waals surface area contributed by atoms with E-state index in [9.17, 15) is 9.18 Å². The minimum Gasteiger partial charge on any atom is -0.464 e. The topological polar surface area (TPSA) is 52.1 Å². The summed E-state index contributed by atoms with van der Waals surface area (Å²) in [6.07, 6.45) is 2.52. The van der Waals surface area contributed by atoms with Crippen molar-refractivity contribution in [3.63, 3.8) is 0 Å². The van der Waals surface area contributed by atoms with E-state index >= 15 is 0 Å². The van der Waals surface area contributed by atoms with E-state index < -0.39 is 11.6 Å². The van der Waals surface area contributed by atoms with Crippen LogP contribution in [0.1, 0.15) is 30.0 Å². The third-order valence-electron chi connectivity index (χ3n) is 1.64. The smallest absolute Gasteiger partial charge is 0.358 e. The highest BCUT2D eigenvalue weighted by atomic mass is 19.1.